The molecule has 0 amide bonds. The quantitative estimate of drug-likeness (QED) is 0.880. The van der Waals surface area contributed by atoms with Crippen molar-refractivity contribution in [3.63, 3.8) is 0 Å². The Morgan fingerprint density at radius 1 is 1.19 bits per heavy atom. The molecule has 0 aliphatic carbocycles. The molecule has 4 heteroatoms. The molecule has 0 radical (unpaired) electrons. The number of aryl methyl sites for hydroxylation is 1. The predicted molar refractivity (Wildman–Crippen MR) is 81.2 cm³/mol. The monoisotopic (exact) mass is 287 g/mol. The first kappa shape index (κ1) is 15.3. The molecule has 2 rings (SSSR count). The SMILES string of the molecule is Cc1ccccc1CN(Cc1ccc(C(=O)O)o1)C(C)C. The first-order valence-corrected chi connectivity index (χ1v) is 7.08. The van der Waals surface area contributed by atoms with Crippen LogP contribution in [0.15, 0.2) is 40.8 Å². The van der Waals surface area contributed by atoms with Crippen LogP contribution in [0.3, 0.4) is 0 Å². The number of carboxylic acids is 1. The normalized spacial score (nSPS) is 11.3. The summed E-state index contributed by atoms with van der Waals surface area (Å²) >= 11 is 0. The Hall–Kier alpha value is -2.07. The summed E-state index contributed by atoms with van der Waals surface area (Å²) in [6.45, 7) is 7.76. The Kier molecular flexibility index (Phi) is 4.81. The lowest BCUT2D eigenvalue weighted by atomic mass is 10.1. The van der Waals surface area contributed by atoms with E-state index < -0.39 is 5.97 Å². The van der Waals surface area contributed by atoms with Crippen molar-refractivity contribution < 1.29 is 14.3 Å². The second-order valence-electron chi connectivity index (χ2n) is 5.50. The van der Waals surface area contributed by atoms with E-state index in [4.69, 9.17) is 9.52 Å². The van der Waals surface area contributed by atoms with Crippen LogP contribution in [0.4, 0.5) is 0 Å². The van der Waals surface area contributed by atoms with Crippen LogP contribution in [0.25, 0.3) is 0 Å². The van der Waals surface area contributed by atoms with E-state index in [-0.39, 0.29) is 5.76 Å². The van der Waals surface area contributed by atoms with E-state index in [0.29, 0.717) is 18.3 Å². The first-order valence-electron chi connectivity index (χ1n) is 7.08. The van der Waals surface area contributed by atoms with Crippen LogP contribution in [0.2, 0.25) is 0 Å². The van der Waals surface area contributed by atoms with E-state index in [9.17, 15) is 4.79 Å². The van der Waals surface area contributed by atoms with Crippen LogP contribution in [0.5, 0.6) is 0 Å². The van der Waals surface area contributed by atoms with Crippen molar-refractivity contribution in [2.45, 2.75) is 39.9 Å². The van der Waals surface area contributed by atoms with E-state index in [2.05, 4.69) is 37.8 Å². The topological polar surface area (TPSA) is 53.7 Å². The van der Waals surface area contributed by atoms with Gasteiger partial charge in [0.2, 0.25) is 5.76 Å². The van der Waals surface area contributed by atoms with Crippen LogP contribution >= 0.6 is 0 Å². The second-order valence-corrected chi connectivity index (χ2v) is 5.50. The molecule has 21 heavy (non-hydrogen) atoms. The van der Waals surface area contributed by atoms with Crippen molar-refractivity contribution in [3.05, 3.63) is 59.0 Å². The Morgan fingerprint density at radius 3 is 2.48 bits per heavy atom. The van der Waals surface area contributed by atoms with Crippen molar-refractivity contribution in [3.8, 4) is 0 Å². The molecule has 1 N–H and O–H groups in total. The lowest BCUT2D eigenvalue weighted by molar-refractivity contribution is 0.0657. The fraction of sp³-hybridized carbons (Fsp3) is 0.353. The van der Waals surface area contributed by atoms with Crippen LogP contribution in [0.1, 0.15) is 41.3 Å². The minimum atomic E-state index is -1.03. The average Bonchev–Trinajstić information content (AvgIpc) is 2.89. The molecule has 0 bridgehead atoms. The maximum absolute atomic E-state index is 10.9. The van der Waals surface area contributed by atoms with Gasteiger partial charge in [-0.1, -0.05) is 24.3 Å². The van der Waals surface area contributed by atoms with E-state index in [1.165, 1.54) is 17.2 Å². The van der Waals surface area contributed by atoms with Gasteiger partial charge in [-0.05, 0) is 44.0 Å². The molecule has 112 valence electrons. The van der Waals surface area contributed by atoms with Gasteiger partial charge in [-0.15, -0.1) is 0 Å². The van der Waals surface area contributed by atoms with Crippen LogP contribution in [-0.2, 0) is 13.1 Å². The summed E-state index contributed by atoms with van der Waals surface area (Å²) < 4.78 is 5.35. The highest BCUT2D eigenvalue weighted by Crippen LogP contribution is 2.17. The highest BCUT2D eigenvalue weighted by atomic mass is 16.4. The van der Waals surface area contributed by atoms with Crippen molar-refractivity contribution in [1.29, 1.82) is 0 Å². The molecule has 0 fully saturated rings. The van der Waals surface area contributed by atoms with Crippen molar-refractivity contribution in [2.24, 2.45) is 0 Å². The number of rotatable bonds is 6. The molecule has 0 aliphatic heterocycles. The van der Waals surface area contributed by atoms with Crippen LogP contribution in [0, 0.1) is 6.92 Å². The maximum Gasteiger partial charge on any atom is 0.371 e. The summed E-state index contributed by atoms with van der Waals surface area (Å²) in [5.41, 5.74) is 2.53. The van der Waals surface area contributed by atoms with Gasteiger partial charge in [0.05, 0.1) is 6.54 Å². The highest BCUT2D eigenvalue weighted by molar-refractivity contribution is 5.84. The minimum Gasteiger partial charge on any atom is -0.475 e. The van der Waals surface area contributed by atoms with Crippen LogP contribution < -0.4 is 0 Å². The standard InChI is InChI=1S/C17H21NO3/c1-12(2)18(10-14-7-5-4-6-13(14)3)11-15-8-9-16(21-15)17(19)20/h4-9,12H,10-11H2,1-3H3,(H,19,20). The molecule has 1 heterocycles. The molecular weight excluding hydrogens is 266 g/mol. The number of hydrogen-bond acceptors (Lipinski definition) is 3. The number of furan rings is 1. The Balaban J connectivity index is 2.12. The van der Waals surface area contributed by atoms with Crippen LogP contribution in [-0.4, -0.2) is 22.0 Å². The third kappa shape index (κ3) is 3.95. The molecule has 0 saturated heterocycles. The molecule has 0 atom stereocenters. The smallest absolute Gasteiger partial charge is 0.371 e. The van der Waals surface area contributed by atoms with E-state index in [0.717, 1.165) is 6.54 Å². The molecule has 2 aromatic rings. The fourth-order valence-electron chi connectivity index (χ4n) is 2.21. The Morgan fingerprint density at radius 2 is 1.90 bits per heavy atom. The lowest BCUT2D eigenvalue weighted by Gasteiger charge is -2.26. The first-order chi connectivity index (χ1) is 9.97. The molecule has 4 nitrogen and oxygen atoms in total. The zero-order valence-electron chi connectivity index (χ0n) is 12.7. The summed E-state index contributed by atoms with van der Waals surface area (Å²) in [5, 5.41) is 8.91. The summed E-state index contributed by atoms with van der Waals surface area (Å²) in [7, 11) is 0. The van der Waals surface area contributed by atoms with Gasteiger partial charge in [-0.25, -0.2) is 4.79 Å². The molecule has 1 aromatic carbocycles. The van der Waals surface area contributed by atoms with E-state index in [1.807, 2.05) is 12.1 Å². The third-order valence-corrected chi connectivity index (χ3v) is 3.60. The summed E-state index contributed by atoms with van der Waals surface area (Å²) in [4.78, 5) is 13.1. The molecule has 0 unspecified atom stereocenters. The average molecular weight is 287 g/mol. The number of nitrogens with zero attached hydrogens (tertiary/aromatic N) is 1. The lowest BCUT2D eigenvalue weighted by Crippen LogP contribution is -2.29. The zero-order chi connectivity index (χ0) is 15.4. The largest absolute Gasteiger partial charge is 0.475 e. The number of hydrogen-bond donors (Lipinski definition) is 1. The Labute approximate surface area is 125 Å². The number of carboxylic acid groups (broad SMARTS) is 1. The summed E-state index contributed by atoms with van der Waals surface area (Å²) in [5.74, 6) is -0.365. The number of aromatic carboxylic acids is 1. The van der Waals surface area contributed by atoms with Gasteiger partial charge in [0.1, 0.15) is 5.76 Å². The molecular formula is C17H21NO3. The van der Waals surface area contributed by atoms with Gasteiger partial charge in [-0.2, -0.15) is 0 Å². The van der Waals surface area contributed by atoms with Crippen molar-refractivity contribution >= 4 is 5.97 Å². The molecule has 1 aromatic heterocycles. The number of benzene rings is 1. The van der Waals surface area contributed by atoms with Gasteiger partial charge in [0.15, 0.2) is 0 Å². The third-order valence-electron chi connectivity index (χ3n) is 3.60. The Bertz CT molecular complexity index is 616. The minimum absolute atomic E-state index is 0.00963. The van der Waals surface area contributed by atoms with Crippen molar-refractivity contribution in [2.75, 3.05) is 0 Å². The summed E-state index contributed by atoms with van der Waals surface area (Å²) in [6, 6.07) is 11.9. The second kappa shape index (κ2) is 6.59. The van der Waals surface area contributed by atoms with Gasteiger partial charge >= 0.3 is 5.97 Å². The van der Waals surface area contributed by atoms with Gasteiger partial charge in [0, 0.05) is 12.6 Å². The van der Waals surface area contributed by atoms with Gasteiger partial charge in [0.25, 0.3) is 0 Å². The fourth-order valence-corrected chi connectivity index (χ4v) is 2.21. The highest BCUT2D eigenvalue weighted by Gasteiger charge is 2.15. The van der Waals surface area contributed by atoms with E-state index >= 15 is 0 Å². The molecule has 0 spiro atoms. The van der Waals surface area contributed by atoms with Crippen molar-refractivity contribution in [1.82, 2.24) is 4.90 Å². The predicted octanol–water partition coefficient (Wildman–Crippen LogP) is 3.70. The number of carbonyl (C=O) groups is 1. The zero-order valence-corrected chi connectivity index (χ0v) is 12.7. The molecule has 0 saturated carbocycles. The molecule has 0 aliphatic rings. The van der Waals surface area contributed by atoms with Gasteiger partial charge in [-0.3, -0.25) is 4.90 Å². The van der Waals surface area contributed by atoms with E-state index in [1.54, 1.807) is 6.07 Å². The van der Waals surface area contributed by atoms with Gasteiger partial charge < -0.3 is 9.52 Å². The maximum atomic E-state index is 10.9. The summed E-state index contributed by atoms with van der Waals surface area (Å²) in [6.07, 6.45) is 0.